The maximum Gasteiger partial charge on any atom is 0.162 e. The van der Waals surface area contributed by atoms with E-state index in [0.29, 0.717) is 17.0 Å². The molecular formula is C40H45F2IrN2O2-. The molecule has 0 saturated carbocycles. The molecular weight excluding hydrogens is 771 g/mol. The standard InChI is InChI=1S/C27H21F2N2.C13H24O2.Ir/c1-15-22-23(25(29)20-12-8-7-11-19(20)24(22)28)26(31-30-15)17-13-16-9-5-6-10-18(16)21(14-17)27(2,3)4;1-5-10(6-2)12(14)9-13(15)11(7-3)8-4;/h5-12,14H,1-4H3;9-11,14H,5-8H2,1-4H3;/q-1;;/b;12-9-;. The zero-order valence-corrected chi connectivity index (χ0v) is 31.0. The Bertz CT molecular complexity index is 1900. The predicted octanol–water partition coefficient (Wildman–Crippen LogP) is 11.2. The monoisotopic (exact) mass is 816 g/mol. The van der Waals surface area contributed by atoms with Crippen molar-refractivity contribution in [3.8, 4) is 11.3 Å². The number of aromatic nitrogens is 2. The summed E-state index contributed by atoms with van der Waals surface area (Å²) in [5, 5.41) is 21.1. The third kappa shape index (κ3) is 7.96. The fourth-order valence-corrected chi connectivity index (χ4v) is 6.09. The fraction of sp³-hybridized carbons (Fsp3) is 0.375. The summed E-state index contributed by atoms with van der Waals surface area (Å²) >= 11 is 0. The van der Waals surface area contributed by atoms with E-state index in [1.807, 2.05) is 52.0 Å². The summed E-state index contributed by atoms with van der Waals surface area (Å²) in [6.45, 7) is 16.1. The second kappa shape index (κ2) is 16.0. The van der Waals surface area contributed by atoms with E-state index < -0.39 is 11.6 Å². The SMILES string of the molecule is CCC(CC)C(=O)/C=C(\O)C(CC)CC.Cc1nnc(-c2[c-]c3ccccc3c(C(C)(C)C)c2)c2c(F)c3ccccc3c(F)c12.[Ir]. The normalized spacial score (nSPS) is 12.0. The van der Waals surface area contributed by atoms with Crippen LogP contribution in [0.25, 0.3) is 43.6 Å². The number of ketones is 1. The molecule has 1 radical (unpaired) electrons. The minimum Gasteiger partial charge on any atom is -0.512 e. The third-order valence-corrected chi connectivity index (χ3v) is 8.91. The van der Waals surface area contributed by atoms with Crippen molar-refractivity contribution < 1.29 is 38.8 Å². The molecule has 7 heteroatoms. The number of allylic oxidation sites excluding steroid dienone is 2. The van der Waals surface area contributed by atoms with Crippen LogP contribution >= 0.6 is 0 Å². The van der Waals surface area contributed by atoms with Crippen LogP contribution in [0.2, 0.25) is 0 Å². The molecule has 5 rings (SSSR count). The number of carbonyl (C=O) groups is 1. The van der Waals surface area contributed by atoms with Crippen LogP contribution in [0.1, 0.15) is 85.4 Å². The van der Waals surface area contributed by atoms with Gasteiger partial charge in [-0.2, -0.15) is 10.2 Å². The molecule has 0 saturated heterocycles. The Morgan fingerprint density at radius 3 is 1.87 bits per heavy atom. The summed E-state index contributed by atoms with van der Waals surface area (Å²) in [7, 11) is 0. The van der Waals surface area contributed by atoms with Crippen LogP contribution in [0.3, 0.4) is 0 Å². The summed E-state index contributed by atoms with van der Waals surface area (Å²) in [4.78, 5) is 11.7. The van der Waals surface area contributed by atoms with Crippen molar-refractivity contribution in [2.75, 3.05) is 0 Å². The molecule has 1 aromatic heterocycles. The smallest absolute Gasteiger partial charge is 0.162 e. The molecule has 1 heterocycles. The molecule has 251 valence electrons. The van der Waals surface area contributed by atoms with Gasteiger partial charge in [0, 0.05) is 65.3 Å². The van der Waals surface area contributed by atoms with Crippen LogP contribution in [0.4, 0.5) is 8.78 Å². The Kier molecular flexibility index (Phi) is 12.9. The fourth-order valence-electron chi connectivity index (χ4n) is 6.09. The van der Waals surface area contributed by atoms with Crippen molar-refractivity contribution >= 4 is 38.1 Å². The van der Waals surface area contributed by atoms with E-state index in [1.165, 1.54) is 6.08 Å². The number of aliphatic hydroxyl groups is 1. The maximum atomic E-state index is 15.8. The average Bonchev–Trinajstić information content (AvgIpc) is 3.04. The number of carbonyl (C=O) groups excluding carboxylic acids is 1. The molecule has 0 aliphatic carbocycles. The Morgan fingerprint density at radius 1 is 0.830 bits per heavy atom. The topological polar surface area (TPSA) is 63.1 Å². The number of fused-ring (bicyclic) bond motifs is 3. The van der Waals surface area contributed by atoms with E-state index in [1.54, 1.807) is 31.2 Å². The van der Waals surface area contributed by atoms with Gasteiger partial charge in [0.15, 0.2) is 5.78 Å². The van der Waals surface area contributed by atoms with Gasteiger partial charge in [0.05, 0.1) is 11.5 Å². The van der Waals surface area contributed by atoms with E-state index in [0.717, 1.165) is 42.0 Å². The van der Waals surface area contributed by atoms with E-state index in [-0.39, 0.29) is 70.4 Å². The average molecular weight is 816 g/mol. The molecule has 1 N–H and O–H groups in total. The maximum absolute atomic E-state index is 15.8. The van der Waals surface area contributed by atoms with E-state index in [9.17, 15) is 9.90 Å². The summed E-state index contributed by atoms with van der Waals surface area (Å²) in [5.41, 5.74) is 2.20. The number of aliphatic hydroxyl groups excluding tert-OH is 1. The number of aryl methyl sites for hydroxylation is 1. The number of halogens is 2. The largest absolute Gasteiger partial charge is 0.512 e. The van der Waals surface area contributed by atoms with Crippen LogP contribution in [0.15, 0.2) is 66.4 Å². The summed E-state index contributed by atoms with van der Waals surface area (Å²) in [6.07, 6.45) is 4.91. The number of hydrogen-bond acceptors (Lipinski definition) is 4. The Hall–Kier alpha value is -3.54. The van der Waals surface area contributed by atoms with Crippen molar-refractivity contribution in [3.05, 3.63) is 95.4 Å². The first-order valence-corrected chi connectivity index (χ1v) is 16.3. The van der Waals surface area contributed by atoms with Crippen LogP contribution < -0.4 is 0 Å². The second-order valence-corrected chi connectivity index (χ2v) is 12.9. The number of rotatable bonds is 8. The van der Waals surface area contributed by atoms with Crippen molar-refractivity contribution in [3.63, 3.8) is 0 Å². The van der Waals surface area contributed by atoms with Crippen molar-refractivity contribution in [1.29, 1.82) is 0 Å². The second-order valence-electron chi connectivity index (χ2n) is 12.9. The molecule has 0 unspecified atom stereocenters. The van der Waals surface area contributed by atoms with E-state index in [4.69, 9.17) is 0 Å². The van der Waals surface area contributed by atoms with Gasteiger partial charge < -0.3 is 5.11 Å². The van der Waals surface area contributed by atoms with Crippen LogP contribution in [-0.2, 0) is 30.3 Å². The van der Waals surface area contributed by atoms with Crippen molar-refractivity contribution in [1.82, 2.24) is 10.2 Å². The van der Waals surface area contributed by atoms with Crippen LogP contribution in [0.5, 0.6) is 0 Å². The molecule has 5 aromatic rings. The van der Waals surface area contributed by atoms with Gasteiger partial charge in [0.1, 0.15) is 11.6 Å². The number of benzene rings is 4. The molecule has 0 spiro atoms. The first-order chi connectivity index (χ1) is 21.9. The zero-order chi connectivity index (χ0) is 33.8. The molecule has 47 heavy (non-hydrogen) atoms. The van der Waals surface area contributed by atoms with Gasteiger partial charge in [-0.1, -0.05) is 102 Å². The number of hydrogen-bond donors (Lipinski definition) is 1. The van der Waals surface area contributed by atoms with E-state index >= 15 is 8.78 Å². The van der Waals surface area contributed by atoms with Crippen LogP contribution in [-0.4, -0.2) is 21.1 Å². The summed E-state index contributed by atoms with van der Waals surface area (Å²) in [5.74, 6) is -0.414. The number of nitrogens with zero attached hydrogens (tertiary/aromatic N) is 2. The summed E-state index contributed by atoms with van der Waals surface area (Å²) in [6, 6.07) is 19.9. The zero-order valence-electron chi connectivity index (χ0n) is 28.6. The molecule has 0 bridgehead atoms. The van der Waals surface area contributed by atoms with Gasteiger partial charge in [-0.25, -0.2) is 8.78 Å². The van der Waals surface area contributed by atoms with Crippen LogP contribution in [0, 0.1) is 36.5 Å². The van der Waals surface area contributed by atoms with Gasteiger partial charge in [0.2, 0.25) is 0 Å². The molecule has 0 amide bonds. The van der Waals surface area contributed by atoms with Gasteiger partial charge in [-0.05, 0) is 38.0 Å². The minimum absolute atomic E-state index is 0. The Labute approximate surface area is 291 Å². The molecule has 4 nitrogen and oxygen atoms in total. The Balaban J connectivity index is 0.000000322. The first kappa shape index (κ1) is 37.9. The van der Waals surface area contributed by atoms with Crippen molar-refractivity contribution in [2.24, 2.45) is 11.8 Å². The van der Waals surface area contributed by atoms with E-state index in [2.05, 4.69) is 43.1 Å². The van der Waals surface area contributed by atoms with Gasteiger partial charge in [-0.3, -0.25) is 4.79 Å². The molecule has 4 aromatic carbocycles. The van der Waals surface area contributed by atoms with Gasteiger partial charge >= 0.3 is 0 Å². The third-order valence-electron chi connectivity index (χ3n) is 8.91. The predicted molar refractivity (Wildman–Crippen MR) is 186 cm³/mol. The molecule has 0 aliphatic heterocycles. The molecule has 0 atom stereocenters. The van der Waals surface area contributed by atoms with Gasteiger partial charge in [-0.15, -0.1) is 29.1 Å². The first-order valence-electron chi connectivity index (χ1n) is 16.3. The Morgan fingerprint density at radius 2 is 1.34 bits per heavy atom. The van der Waals surface area contributed by atoms with Gasteiger partial charge in [0.25, 0.3) is 0 Å². The summed E-state index contributed by atoms with van der Waals surface area (Å²) < 4.78 is 31.3. The molecule has 0 fully saturated rings. The van der Waals surface area contributed by atoms with Crippen molar-refractivity contribution in [2.45, 2.75) is 86.5 Å². The quantitative estimate of drug-likeness (QED) is 0.0733. The minimum atomic E-state index is -0.487. The molecule has 0 aliphatic rings.